The molecular weight excluding hydrogens is 235 g/mol. The van der Waals surface area contributed by atoms with Gasteiger partial charge in [0.05, 0.1) is 6.61 Å². The number of carbonyl (C=O) groups excluding carboxylic acids is 1. The van der Waals surface area contributed by atoms with E-state index in [2.05, 4.69) is 5.43 Å². The van der Waals surface area contributed by atoms with Crippen LogP contribution in [0.25, 0.3) is 0 Å². The fourth-order valence-electron chi connectivity index (χ4n) is 1.59. The lowest BCUT2D eigenvalue weighted by Gasteiger charge is -2.08. The summed E-state index contributed by atoms with van der Waals surface area (Å²) in [7, 11) is 0. The summed E-state index contributed by atoms with van der Waals surface area (Å²) >= 11 is 0. The molecule has 0 spiro atoms. The minimum absolute atomic E-state index is 0.148. The number of carbonyl (C=O) groups is 1. The number of aryl methyl sites for hydroxylation is 1. The third-order valence-corrected chi connectivity index (χ3v) is 2.60. The molecule has 5 heteroatoms. The lowest BCUT2D eigenvalue weighted by Crippen LogP contribution is -2.29. The largest absolute Gasteiger partial charge is 0.493 e. The summed E-state index contributed by atoms with van der Waals surface area (Å²) in [6.45, 7) is 2.38. The van der Waals surface area contributed by atoms with Gasteiger partial charge in [0, 0.05) is 6.42 Å². The molecule has 4 nitrogen and oxygen atoms in total. The number of halogens is 1. The normalized spacial score (nSPS) is 10.2. The molecule has 0 radical (unpaired) electrons. The van der Waals surface area contributed by atoms with Crippen LogP contribution in [0.5, 0.6) is 5.75 Å². The molecular formula is C13H19FN2O2. The number of benzene rings is 1. The van der Waals surface area contributed by atoms with Crippen molar-refractivity contribution in [3.63, 3.8) is 0 Å². The van der Waals surface area contributed by atoms with Crippen LogP contribution < -0.4 is 16.0 Å². The summed E-state index contributed by atoms with van der Waals surface area (Å²) < 4.78 is 18.4. The van der Waals surface area contributed by atoms with Gasteiger partial charge in [-0.2, -0.15) is 0 Å². The molecule has 0 unspecified atom stereocenters. The summed E-state index contributed by atoms with van der Waals surface area (Å²) in [5.41, 5.74) is 2.88. The number of unbranched alkanes of at least 4 members (excludes halogenated alkanes) is 2. The number of ether oxygens (including phenoxy) is 1. The molecule has 0 bridgehead atoms. The molecule has 0 heterocycles. The van der Waals surface area contributed by atoms with E-state index in [1.165, 1.54) is 12.1 Å². The molecule has 0 fully saturated rings. The first-order chi connectivity index (χ1) is 8.63. The Labute approximate surface area is 106 Å². The Hall–Kier alpha value is -1.62. The number of hydrazine groups is 1. The Kier molecular flexibility index (Phi) is 6.14. The molecule has 3 N–H and O–H groups in total. The van der Waals surface area contributed by atoms with E-state index < -0.39 is 0 Å². The van der Waals surface area contributed by atoms with Crippen LogP contribution in [0.1, 0.15) is 31.2 Å². The summed E-state index contributed by atoms with van der Waals surface area (Å²) in [6, 6.07) is 4.46. The average molecular weight is 254 g/mol. The molecule has 1 aromatic rings. The standard InChI is InChI=1S/C13H19FN2O2/c1-10-9-11(14)6-7-12(10)18-8-4-2-3-5-13(17)16-15/h6-7,9H,2-5,8,15H2,1H3,(H,16,17). The first-order valence-electron chi connectivity index (χ1n) is 6.02. The highest BCUT2D eigenvalue weighted by Crippen LogP contribution is 2.18. The maximum atomic E-state index is 12.8. The number of rotatable bonds is 7. The number of amides is 1. The van der Waals surface area contributed by atoms with Crippen LogP contribution in [-0.4, -0.2) is 12.5 Å². The zero-order valence-electron chi connectivity index (χ0n) is 10.5. The molecule has 0 aromatic heterocycles. The molecule has 0 aliphatic rings. The van der Waals surface area contributed by atoms with Gasteiger partial charge in [-0.15, -0.1) is 0 Å². The van der Waals surface area contributed by atoms with Crippen molar-refractivity contribution in [2.24, 2.45) is 5.84 Å². The van der Waals surface area contributed by atoms with Crippen molar-refractivity contribution in [2.75, 3.05) is 6.61 Å². The fraction of sp³-hybridized carbons (Fsp3) is 0.462. The van der Waals surface area contributed by atoms with Gasteiger partial charge < -0.3 is 4.74 Å². The smallest absolute Gasteiger partial charge is 0.233 e. The van der Waals surface area contributed by atoms with Gasteiger partial charge in [-0.1, -0.05) is 0 Å². The van der Waals surface area contributed by atoms with Crippen LogP contribution in [0.15, 0.2) is 18.2 Å². The second kappa shape index (κ2) is 7.66. The molecule has 0 aliphatic heterocycles. The zero-order valence-corrected chi connectivity index (χ0v) is 10.5. The predicted molar refractivity (Wildman–Crippen MR) is 67.4 cm³/mol. The number of hydrogen-bond donors (Lipinski definition) is 2. The van der Waals surface area contributed by atoms with Gasteiger partial charge in [-0.05, 0) is 49.9 Å². The lowest BCUT2D eigenvalue weighted by molar-refractivity contribution is -0.121. The maximum absolute atomic E-state index is 12.8. The van der Waals surface area contributed by atoms with Crippen molar-refractivity contribution in [2.45, 2.75) is 32.6 Å². The van der Waals surface area contributed by atoms with Gasteiger partial charge in [0.2, 0.25) is 5.91 Å². The van der Waals surface area contributed by atoms with Crippen molar-refractivity contribution in [1.29, 1.82) is 0 Å². The van der Waals surface area contributed by atoms with Crippen molar-refractivity contribution < 1.29 is 13.9 Å². The number of nitrogens with two attached hydrogens (primary N) is 1. The third kappa shape index (κ3) is 5.14. The van der Waals surface area contributed by atoms with Crippen LogP contribution in [0, 0.1) is 12.7 Å². The SMILES string of the molecule is Cc1cc(F)ccc1OCCCCCC(=O)NN. The highest BCUT2D eigenvalue weighted by atomic mass is 19.1. The molecule has 1 aromatic carbocycles. The first-order valence-corrected chi connectivity index (χ1v) is 6.02. The average Bonchev–Trinajstić information content (AvgIpc) is 2.35. The van der Waals surface area contributed by atoms with E-state index >= 15 is 0 Å². The topological polar surface area (TPSA) is 64.3 Å². The monoisotopic (exact) mass is 254 g/mol. The van der Waals surface area contributed by atoms with E-state index in [1.807, 2.05) is 6.92 Å². The molecule has 1 amide bonds. The van der Waals surface area contributed by atoms with Crippen LogP contribution in [-0.2, 0) is 4.79 Å². The van der Waals surface area contributed by atoms with Gasteiger partial charge in [0.15, 0.2) is 0 Å². The van der Waals surface area contributed by atoms with Gasteiger partial charge in [0.25, 0.3) is 0 Å². The van der Waals surface area contributed by atoms with E-state index in [0.29, 0.717) is 18.8 Å². The Morgan fingerprint density at radius 1 is 1.39 bits per heavy atom. The maximum Gasteiger partial charge on any atom is 0.233 e. The van der Waals surface area contributed by atoms with Gasteiger partial charge in [0.1, 0.15) is 11.6 Å². The molecule has 100 valence electrons. The van der Waals surface area contributed by atoms with Crippen LogP contribution >= 0.6 is 0 Å². The van der Waals surface area contributed by atoms with Gasteiger partial charge in [-0.25, -0.2) is 10.2 Å². The Morgan fingerprint density at radius 3 is 2.83 bits per heavy atom. The highest BCUT2D eigenvalue weighted by Gasteiger charge is 2.01. The van der Waals surface area contributed by atoms with E-state index in [4.69, 9.17) is 10.6 Å². The highest BCUT2D eigenvalue weighted by molar-refractivity contribution is 5.74. The first kappa shape index (κ1) is 14.4. The molecule has 1 rings (SSSR count). The molecule has 0 aliphatic carbocycles. The fourth-order valence-corrected chi connectivity index (χ4v) is 1.59. The van der Waals surface area contributed by atoms with E-state index in [-0.39, 0.29) is 11.7 Å². The molecule has 0 saturated carbocycles. The lowest BCUT2D eigenvalue weighted by atomic mass is 10.2. The number of nitrogens with one attached hydrogen (secondary N) is 1. The van der Waals surface area contributed by atoms with Crippen molar-refractivity contribution in [1.82, 2.24) is 5.43 Å². The van der Waals surface area contributed by atoms with Crippen LogP contribution in [0.3, 0.4) is 0 Å². The second-order valence-corrected chi connectivity index (χ2v) is 4.14. The Bertz CT molecular complexity index is 397. The Morgan fingerprint density at radius 2 is 2.17 bits per heavy atom. The summed E-state index contributed by atoms with van der Waals surface area (Å²) in [5, 5.41) is 0. The van der Waals surface area contributed by atoms with E-state index in [0.717, 1.165) is 24.8 Å². The third-order valence-electron chi connectivity index (χ3n) is 2.60. The van der Waals surface area contributed by atoms with Crippen molar-refractivity contribution in [3.05, 3.63) is 29.6 Å². The van der Waals surface area contributed by atoms with Crippen LogP contribution in [0.2, 0.25) is 0 Å². The minimum atomic E-state index is -0.257. The van der Waals surface area contributed by atoms with Gasteiger partial charge in [-0.3, -0.25) is 10.2 Å². The van der Waals surface area contributed by atoms with Gasteiger partial charge >= 0.3 is 0 Å². The van der Waals surface area contributed by atoms with E-state index in [1.54, 1.807) is 6.07 Å². The summed E-state index contributed by atoms with van der Waals surface area (Å²) in [6.07, 6.45) is 2.98. The molecule has 0 saturated heterocycles. The number of hydrogen-bond acceptors (Lipinski definition) is 3. The zero-order chi connectivity index (χ0) is 13.4. The van der Waals surface area contributed by atoms with Crippen molar-refractivity contribution >= 4 is 5.91 Å². The summed E-state index contributed by atoms with van der Waals surface area (Å²) in [4.78, 5) is 10.8. The molecule has 18 heavy (non-hydrogen) atoms. The molecule has 0 atom stereocenters. The minimum Gasteiger partial charge on any atom is -0.493 e. The van der Waals surface area contributed by atoms with Crippen LogP contribution in [0.4, 0.5) is 4.39 Å². The second-order valence-electron chi connectivity index (χ2n) is 4.14. The quantitative estimate of drug-likeness (QED) is 0.339. The Balaban J connectivity index is 2.16. The predicted octanol–water partition coefficient (Wildman–Crippen LogP) is 2.06. The summed E-state index contributed by atoms with van der Waals surface area (Å²) in [5.74, 6) is 5.26. The van der Waals surface area contributed by atoms with E-state index in [9.17, 15) is 9.18 Å². The van der Waals surface area contributed by atoms with Crippen molar-refractivity contribution in [3.8, 4) is 5.75 Å².